The molecule has 0 unspecified atom stereocenters. The van der Waals surface area contributed by atoms with Crippen LogP contribution in [0.3, 0.4) is 0 Å². The Balaban J connectivity index is 1.35. The molecule has 2 N–H and O–H groups in total. The van der Waals surface area contributed by atoms with Crippen molar-refractivity contribution < 1.29 is 14.5 Å². The lowest BCUT2D eigenvalue weighted by Gasteiger charge is -2.55. The fraction of sp³-hybridized carbons (Fsp3) is 0.600. The third-order valence-corrected chi connectivity index (χ3v) is 6.62. The van der Waals surface area contributed by atoms with E-state index in [0.29, 0.717) is 29.0 Å². The van der Waals surface area contributed by atoms with E-state index in [4.69, 9.17) is 0 Å². The number of aryl methyl sites for hydroxylation is 1. The van der Waals surface area contributed by atoms with Crippen molar-refractivity contribution in [3.63, 3.8) is 0 Å². The third-order valence-electron chi connectivity index (χ3n) is 6.62. The number of rotatable bonds is 5. The molecule has 144 valence electrons. The Labute approximate surface area is 158 Å². The number of carbonyl (C=O) groups is 2. The average molecular weight is 371 g/mol. The molecule has 1 aromatic rings. The Morgan fingerprint density at radius 3 is 2.30 bits per heavy atom. The first-order valence-corrected chi connectivity index (χ1v) is 9.68. The van der Waals surface area contributed by atoms with E-state index in [9.17, 15) is 19.7 Å². The highest BCUT2D eigenvalue weighted by atomic mass is 16.6. The van der Waals surface area contributed by atoms with Crippen LogP contribution in [0.2, 0.25) is 0 Å². The molecule has 0 spiro atoms. The largest absolute Gasteiger partial charge is 0.347 e. The number of hydrogen-bond acceptors (Lipinski definition) is 4. The van der Waals surface area contributed by atoms with Crippen molar-refractivity contribution in [1.29, 1.82) is 0 Å². The van der Waals surface area contributed by atoms with Crippen molar-refractivity contribution in [1.82, 2.24) is 5.32 Å². The number of anilines is 1. The van der Waals surface area contributed by atoms with Crippen LogP contribution >= 0.6 is 0 Å². The van der Waals surface area contributed by atoms with Crippen molar-refractivity contribution >= 4 is 23.2 Å². The van der Waals surface area contributed by atoms with Gasteiger partial charge in [-0.25, -0.2) is 0 Å². The predicted molar refractivity (Wildman–Crippen MR) is 100 cm³/mol. The Kier molecular flexibility index (Phi) is 4.40. The summed E-state index contributed by atoms with van der Waals surface area (Å²) in [5.41, 5.74) is 0.581. The van der Waals surface area contributed by atoms with Crippen LogP contribution in [-0.2, 0) is 9.59 Å². The number of benzene rings is 1. The van der Waals surface area contributed by atoms with Gasteiger partial charge in [-0.3, -0.25) is 19.7 Å². The average Bonchev–Trinajstić information content (AvgIpc) is 2.60. The Morgan fingerprint density at radius 1 is 1.15 bits per heavy atom. The van der Waals surface area contributed by atoms with Gasteiger partial charge in [0.1, 0.15) is 0 Å². The fourth-order valence-electron chi connectivity index (χ4n) is 5.83. The van der Waals surface area contributed by atoms with E-state index in [1.54, 1.807) is 19.1 Å². The molecular formula is C20H25N3O4. The first-order chi connectivity index (χ1) is 12.8. The summed E-state index contributed by atoms with van der Waals surface area (Å²) in [6, 6.07) is 4.57. The summed E-state index contributed by atoms with van der Waals surface area (Å²) in [5.74, 6) is 1.65. The molecular weight excluding hydrogens is 346 g/mol. The summed E-state index contributed by atoms with van der Waals surface area (Å²) in [6.07, 6.45) is 6.65. The Hall–Kier alpha value is -2.44. The monoisotopic (exact) mass is 371 g/mol. The maximum absolute atomic E-state index is 12.9. The summed E-state index contributed by atoms with van der Waals surface area (Å²) in [6.45, 7) is 1.54. The number of nitro groups is 1. The number of amides is 2. The lowest BCUT2D eigenvalue weighted by atomic mass is 9.49. The van der Waals surface area contributed by atoms with Crippen LogP contribution in [0.1, 0.15) is 44.1 Å². The minimum atomic E-state index is -0.472. The van der Waals surface area contributed by atoms with Crippen molar-refractivity contribution in [2.45, 2.75) is 45.4 Å². The molecule has 4 saturated carbocycles. The molecule has 0 atom stereocenters. The maximum atomic E-state index is 12.9. The molecule has 1 aromatic carbocycles. The summed E-state index contributed by atoms with van der Waals surface area (Å²) < 4.78 is 0. The first kappa shape index (κ1) is 17.9. The third kappa shape index (κ3) is 3.42. The summed E-state index contributed by atoms with van der Waals surface area (Å²) in [5, 5.41) is 16.5. The molecule has 0 saturated heterocycles. The van der Waals surface area contributed by atoms with Crippen LogP contribution in [0.5, 0.6) is 0 Å². The molecule has 0 heterocycles. The highest BCUT2D eigenvalue weighted by Crippen LogP contribution is 2.60. The second-order valence-electron chi connectivity index (χ2n) is 8.69. The zero-order valence-electron chi connectivity index (χ0n) is 15.5. The summed E-state index contributed by atoms with van der Waals surface area (Å²) in [7, 11) is 0. The smallest absolute Gasteiger partial charge is 0.274 e. The Morgan fingerprint density at radius 2 is 1.74 bits per heavy atom. The van der Waals surface area contributed by atoms with Crippen LogP contribution in [0, 0.1) is 40.2 Å². The highest BCUT2D eigenvalue weighted by molar-refractivity contribution is 5.95. The van der Waals surface area contributed by atoms with Gasteiger partial charge in [-0.2, -0.15) is 0 Å². The fourth-order valence-corrected chi connectivity index (χ4v) is 5.83. The second kappa shape index (κ2) is 6.62. The topological polar surface area (TPSA) is 101 Å². The van der Waals surface area contributed by atoms with Gasteiger partial charge in [0.05, 0.1) is 11.5 Å². The van der Waals surface area contributed by atoms with E-state index in [2.05, 4.69) is 10.6 Å². The molecule has 0 radical (unpaired) electrons. The Bertz CT molecular complexity index is 769. The standard InChI is InChI=1S/C20H25N3O4/c1-12-2-3-16(7-17(12)23(26)27)22-18(24)11-21-19(25)20-8-13-4-14(9-20)6-15(5-13)10-20/h2-3,7,13-15H,4-6,8-11H2,1H3,(H,21,25)(H,22,24). The van der Waals surface area contributed by atoms with Gasteiger partial charge < -0.3 is 10.6 Å². The van der Waals surface area contributed by atoms with Crippen molar-refractivity contribution in [2.24, 2.45) is 23.2 Å². The zero-order valence-corrected chi connectivity index (χ0v) is 15.5. The van der Waals surface area contributed by atoms with Crippen LogP contribution in [0.15, 0.2) is 18.2 Å². The van der Waals surface area contributed by atoms with Crippen molar-refractivity contribution in [3.8, 4) is 0 Å². The van der Waals surface area contributed by atoms with E-state index in [1.807, 2.05) is 0 Å². The molecule has 4 aliphatic rings. The van der Waals surface area contributed by atoms with E-state index >= 15 is 0 Å². The minimum absolute atomic E-state index is 0.00615. The van der Waals surface area contributed by atoms with Gasteiger partial charge in [0.15, 0.2) is 0 Å². The number of nitrogens with zero attached hydrogens (tertiary/aromatic N) is 1. The molecule has 0 aromatic heterocycles. The van der Waals surface area contributed by atoms with Gasteiger partial charge in [-0.1, -0.05) is 6.07 Å². The molecule has 2 amide bonds. The molecule has 4 aliphatic carbocycles. The first-order valence-electron chi connectivity index (χ1n) is 9.68. The molecule has 4 fully saturated rings. The molecule has 27 heavy (non-hydrogen) atoms. The van der Waals surface area contributed by atoms with E-state index < -0.39 is 4.92 Å². The number of carbonyl (C=O) groups excluding carboxylic acids is 2. The lowest BCUT2D eigenvalue weighted by Crippen LogP contribution is -2.54. The van der Waals surface area contributed by atoms with Crippen molar-refractivity contribution in [2.75, 3.05) is 11.9 Å². The van der Waals surface area contributed by atoms with Crippen LogP contribution in [-0.4, -0.2) is 23.3 Å². The SMILES string of the molecule is Cc1ccc(NC(=O)CNC(=O)C23CC4CC(CC(C4)C2)C3)cc1[N+](=O)[O-]. The van der Waals surface area contributed by atoms with Gasteiger partial charge in [-0.05, 0) is 69.3 Å². The molecule has 7 nitrogen and oxygen atoms in total. The highest BCUT2D eigenvalue weighted by Gasteiger charge is 2.54. The quantitative estimate of drug-likeness (QED) is 0.613. The number of nitrogens with one attached hydrogen (secondary N) is 2. The molecule has 5 rings (SSSR count). The van der Waals surface area contributed by atoms with Crippen LogP contribution < -0.4 is 10.6 Å². The predicted octanol–water partition coefficient (Wildman–Crippen LogP) is 3.17. The maximum Gasteiger partial charge on any atom is 0.274 e. The van der Waals surface area contributed by atoms with Gasteiger partial charge in [0.2, 0.25) is 11.8 Å². The van der Waals surface area contributed by atoms with E-state index in [1.165, 1.54) is 25.3 Å². The van der Waals surface area contributed by atoms with Gasteiger partial charge in [0, 0.05) is 22.7 Å². The van der Waals surface area contributed by atoms with Gasteiger partial charge in [0.25, 0.3) is 5.69 Å². The van der Waals surface area contributed by atoms with E-state index in [0.717, 1.165) is 19.3 Å². The molecule has 7 heteroatoms. The minimum Gasteiger partial charge on any atom is -0.347 e. The lowest BCUT2D eigenvalue weighted by molar-refractivity contribution is -0.385. The second-order valence-corrected chi connectivity index (χ2v) is 8.69. The number of nitro benzene ring substituents is 1. The summed E-state index contributed by atoms with van der Waals surface area (Å²) >= 11 is 0. The van der Waals surface area contributed by atoms with Crippen molar-refractivity contribution in [3.05, 3.63) is 33.9 Å². The van der Waals surface area contributed by atoms with Crippen LogP contribution in [0.25, 0.3) is 0 Å². The number of hydrogen-bond donors (Lipinski definition) is 2. The van der Waals surface area contributed by atoms with Crippen LogP contribution in [0.4, 0.5) is 11.4 Å². The van der Waals surface area contributed by atoms with Gasteiger partial charge in [-0.15, -0.1) is 0 Å². The van der Waals surface area contributed by atoms with Gasteiger partial charge >= 0.3 is 0 Å². The zero-order chi connectivity index (χ0) is 19.2. The summed E-state index contributed by atoms with van der Waals surface area (Å²) in [4.78, 5) is 35.6. The molecule has 4 bridgehead atoms. The van der Waals surface area contributed by atoms with E-state index in [-0.39, 0.29) is 29.5 Å². The normalized spacial score (nSPS) is 30.8. The molecule has 0 aliphatic heterocycles.